The Bertz CT molecular complexity index is 130. The number of hydrogen-bond donors (Lipinski definition) is 2. The third-order valence-electron chi connectivity index (χ3n) is 2.55. The van der Waals surface area contributed by atoms with E-state index in [0.29, 0.717) is 6.61 Å². The highest BCUT2D eigenvalue weighted by Crippen LogP contribution is 2.25. The van der Waals surface area contributed by atoms with Gasteiger partial charge in [0, 0.05) is 18.5 Å². The van der Waals surface area contributed by atoms with Crippen molar-refractivity contribution in [2.45, 2.75) is 12.8 Å². The van der Waals surface area contributed by atoms with E-state index >= 15 is 0 Å². The zero-order valence-corrected chi connectivity index (χ0v) is 8.14. The zero-order valence-electron chi connectivity index (χ0n) is 8.14. The van der Waals surface area contributed by atoms with Crippen LogP contribution in [0, 0.1) is 5.41 Å². The van der Waals surface area contributed by atoms with Crippen LogP contribution in [0.2, 0.25) is 0 Å². The summed E-state index contributed by atoms with van der Waals surface area (Å²) in [4.78, 5) is 2.16. The molecule has 3 nitrogen and oxygen atoms in total. The van der Waals surface area contributed by atoms with Crippen LogP contribution in [0.25, 0.3) is 0 Å². The largest absolute Gasteiger partial charge is 0.396 e. The van der Waals surface area contributed by atoms with Crippen molar-refractivity contribution in [2.24, 2.45) is 5.41 Å². The molecule has 0 amide bonds. The Balaban J connectivity index is 2.48. The molecular formula is C9H20N2O. The second-order valence-electron chi connectivity index (χ2n) is 4.18. The lowest BCUT2D eigenvalue weighted by atomic mass is 9.81. The second-order valence-corrected chi connectivity index (χ2v) is 4.18. The van der Waals surface area contributed by atoms with Crippen LogP contribution < -0.4 is 5.32 Å². The summed E-state index contributed by atoms with van der Waals surface area (Å²) >= 11 is 0. The average molecular weight is 172 g/mol. The maximum atomic E-state index is 9.32. The average Bonchev–Trinajstić information content (AvgIpc) is 2.05. The van der Waals surface area contributed by atoms with E-state index in [4.69, 9.17) is 0 Å². The molecule has 3 heteroatoms. The Morgan fingerprint density at radius 1 is 1.50 bits per heavy atom. The highest BCUT2D eigenvalue weighted by Gasteiger charge is 2.31. The van der Waals surface area contributed by atoms with Gasteiger partial charge in [0.2, 0.25) is 0 Å². The lowest BCUT2D eigenvalue weighted by molar-refractivity contribution is 0.0670. The SMILES string of the molecule is CN(C)C[C@@]1(CO)CCCNC1. The molecule has 1 fully saturated rings. The first-order valence-electron chi connectivity index (χ1n) is 4.65. The van der Waals surface area contributed by atoms with Gasteiger partial charge in [-0.25, -0.2) is 0 Å². The molecule has 0 aromatic rings. The van der Waals surface area contributed by atoms with Gasteiger partial charge in [0.15, 0.2) is 0 Å². The molecule has 0 aliphatic carbocycles. The van der Waals surface area contributed by atoms with Gasteiger partial charge in [-0.15, -0.1) is 0 Å². The van der Waals surface area contributed by atoms with Crippen molar-refractivity contribution in [3.05, 3.63) is 0 Å². The molecule has 72 valence electrons. The summed E-state index contributed by atoms with van der Waals surface area (Å²) in [6, 6.07) is 0. The van der Waals surface area contributed by atoms with E-state index in [0.717, 1.165) is 26.1 Å². The quantitative estimate of drug-likeness (QED) is 0.624. The van der Waals surface area contributed by atoms with Crippen LogP contribution in [-0.2, 0) is 0 Å². The Hall–Kier alpha value is -0.120. The van der Waals surface area contributed by atoms with Crippen molar-refractivity contribution < 1.29 is 5.11 Å². The topological polar surface area (TPSA) is 35.5 Å². The molecule has 0 aromatic heterocycles. The summed E-state index contributed by atoms with van der Waals surface area (Å²) in [7, 11) is 4.12. The fourth-order valence-electron chi connectivity index (χ4n) is 2.02. The highest BCUT2D eigenvalue weighted by molar-refractivity contribution is 4.86. The lowest BCUT2D eigenvalue weighted by Gasteiger charge is -2.38. The number of hydrogen-bond acceptors (Lipinski definition) is 3. The van der Waals surface area contributed by atoms with E-state index in [2.05, 4.69) is 24.3 Å². The number of nitrogens with zero attached hydrogens (tertiary/aromatic N) is 1. The number of aliphatic hydroxyl groups is 1. The second kappa shape index (κ2) is 4.21. The minimum absolute atomic E-state index is 0.113. The van der Waals surface area contributed by atoms with E-state index in [-0.39, 0.29) is 5.41 Å². The van der Waals surface area contributed by atoms with Crippen LogP contribution in [-0.4, -0.2) is 50.3 Å². The molecule has 12 heavy (non-hydrogen) atoms. The maximum Gasteiger partial charge on any atom is 0.0511 e. The van der Waals surface area contributed by atoms with E-state index in [1.54, 1.807) is 0 Å². The molecule has 0 aromatic carbocycles. The number of piperidine rings is 1. The van der Waals surface area contributed by atoms with Crippen LogP contribution in [0.3, 0.4) is 0 Å². The molecule has 1 aliphatic heterocycles. The van der Waals surface area contributed by atoms with Crippen LogP contribution in [0.4, 0.5) is 0 Å². The smallest absolute Gasteiger partial charge is 0.0511 e. The van der Waals surface area contributed by atoms with Gasteiger partial charge in [0.25, 0.3) is 0 Å². The van der Waals surface area contributed by atoms with Gasteiger partial charge in [-0.3, -0.25) is 0 Å². The number of nitrogens with one attached hydrogen (secondary N) is 1. The summed E-state index contributed by atoms with van der Waals surface area (Å²) in [6.07, 6.45) is 2.34. The van der Waals surface area contributed by atoms with Gasteiger partial charge in [0.1, 0.15) is 0 Å². The number of aliphatic hydroxyl groups excluding tert-OH is 1. The van der Waals surface area contributed by atoms with E-state index in [1.165, 1.54) is 6.42 Å². The molecule has 0 spiro atoms. The van der Waals surface area contributed by atoms with E-state index in [9.17, 15) is 5.11 Å². The molecule has 0 bridgehead atoms. The Morgan fingerprint density at radius 2 is 2.25 bits per heavy atom. The predicted molar refractivity (Wildman–Crippen MR) is 50.2 cm³/mol. The highest BCUT2D eigenvalue weighted by atomic mass is 16.3. The fourth-order valence-corrected chi connectivity index (χ4v) is 2.02. The van der Waals surface area contributed by atoms with Gasteiger partial charge in [-0.05, 0) is 33.5 Å². The van der Waals surface area contributed by atoms with Gasteiger partial charge < -0.3 is 15.3 Å². The van der Waals surface area contributed by atoms with Gasteiger partial charge in [-0.2, -0.15) is 0 Å². The van der Waals surface area contributed by atoms with Crippen LogP contribution in [0.15, 0.2) is 0 Å². The van der Waals surface area contributed by atoms with Crippen molar-refractivity contribution in [3.8, 4) is 0 Å². The maximum absolute atomic E-state index is 9.32. The van der Waals surface area contributed by atoms with Crippen molar-refractivity contribution in [1.29, 1.82) is 0 Å². The Morgan fingerprint density at radius 3 is 2.67 bits per heavy atom. The standard InChI is InChI=1S/C9H20N2O/c1-11(2)7-9(8-12)4-3-5-10-6-9/h10,12H,3-8H2,1-2H3/t9-/m1/s1. The molecular weight excluding hydrogens is 152 g/mol. The van der Waals surface area contributed by atoms with E-state index < -0.39 is 0 Å². The van der Waals surface area contributed by atoms with Gasteiger partial charge >= 0.3 is 0 Å². The van der Waals surface area contributed by atoms with Crippen molar-refractivity contribution in [2.75, 3.05) is 40.3 Å². The van der Waals surface area contributed by atoms with Crippen LogP contribution >= 0.6 is 0 Å². The summed E-state index contributed by atoms with van der Waals surface area (Å²) in [5, 5.41) is 12.7. The zero-order chi connectivity index (χ0) is 9.03. The van der Waals surface area contributed by atoms with Gasteiger partial charge in [-0.1, -0.05) is 0 Å². The third-order valence-corrected chi connectivity index (χ3v) is 2.55. The molecule has 0 radical (unpaired) electrons. The molecule has 0 saturated carbocycles. The fraction of sp³-hybridized carbons (Fsp3) is 1.00. The summed E-state index contributed by atoms with van der Waals surface area (Å²) in [6.45, 7) is 3.35. The van der Waals surface area contributed by atoms with Crippen LogP contribution in [0.5, 0.6) is 0 Å². The molecule has 1 saturated heterocycles. The van der Waals surface area contributed by atoms with Crippen molar-refractivity contribution in [3.63, 3.8) is 0 Å². The summed E-state index contributed by atoms with van der Waals surface area (Å²) in [5.41, 5.74) is 0.113. The minimum Gasteiger partial charge on any atom is -0.396 e. The predicted octanol–water partition coefficient (Wildman–Crippen LogP) is -0.0899. The molecule has 2 N–H and O–H groups in total. The molecule has 1 rings (SSSR count). The Labute approximate surface area is 74.8 Å². The van der Waals surface area contributed by atoms with Crippen molar-refractivity contribution in [1.82, 2.24) is 10.2 Å². The van der Waals surface area contributed by atoms with Crippen LogP contribution in [0.1, 0.15) is 12.8 Å². The minimum atomic E-state index is 0.113. The normalized spacial score (nSPS) is 31.0. The lowest BCUT2D eigenvalue weighted by Crippen LogP contribution is -2.48. The Kier molecular flexibility index (Phi) is 3.50. The first-order chi connectivity index (χ1) is 5.68. The summed E-state index contributed by atoms with van der Waals surface area (Å²) in [5.74, 6) is 0. The van der Waals surface area contributed by atoms with E-state index in [1.807, 2.05) is 0 Å². The first kappa shape index (κ1) is 9.96. The summed E-state index contributed by atoms with van der Waals surface area (Å²) < 4.78 is 0. The monoisotopic (exact) mass is 172 g/mol. The first-order valence-corrected chi connectivity index (χ1v) is 4.65. The van der Waals surface area contributed by atoms with Crippen molar-refractivity contribution >= 4 is 0 Å². The molecule has 1 aliphatic rings. The third kappa shape index (κ3) is 2.44. The molecule has 0 unspecified atom stereocenters. The number of rotatable bonds is 3. The molecule has 1 atom stereocenters. The van der Waals surface area contributed by atoms with Gasteiger partial charge in [0.05, 0.1) is 6.61 Å². The molecule has 1 heterocycles.